The van der Waals surface area contributed by atoms with Gasteiger partial charge in [0.05, 0.1) is 24.0 Å². The van der Waals surface area contributed by atoms with Gasteiger partial charge in [0.25, 0.3) is 11.8 Å². The summed E-state index contributed by atoms with van der Waals surface area (Å²) >= 11 is 0. The first kappa shape index (κ1) is 18.0. The molecule has 2 aromatic carbocycles. The molecule has 7 nitrogen and oxygen atoms in total. The highest BCUT2D eigenvalue weighted by Gasteiger charge is 2.59. The van der Waals surface area contributed by atoms with Gasteiger partial charge in [-0.2, -0.15) is 0 Å². The average molecular weight is 379 g/mol. The number of para-hydroxylation sites is 1. The Bertz CT molecular complexity index is 1000. The summed E-state index contributed by atoms with van der Waals surface area (Å²) in [5.41, 5.74) is 0.931. The number of ether oxygens (including phenoxy) is 1. The van der Waals surface area contributed by atoms with E-state index in [0.717, 1.165) is 5.56 Å². The van der Waals surface area contributed by atoms with Gasteiger partial charge < -0.3 is 15.0 Å². The smallest absolute Gasteiger partial charge is 0.271 e. The third-order valence-corrected chi connectivity index (χ3v) is 5.51. The molecule has 0 spiro atoms. The predicted octanol–water partition coefficient (Wildman–Crippen LogP) is 2.55. The molecule has 0 aliphatic carbocycles. The maximum absolute atomic E-state index is 13.5. The number of anilines is 2. The summed E-state index contributed by atoms with van der Waals surface area (Å²) in [5.74, 6) is -0.393. The van der Waals surface area contributed by atoms with Gasteiger partial charge >= 0.3 is 0 Å². The SMILES string of the molecule is COc1ccc(C)cc1NC(=O)C12CCC(=O)N1c1ccccc1C(=O)N2C. The molecule has 1 saturated heterocycles. The summed E-state index contributed by atoms with van der Waals surface area (Å²) in [5, 5.41) is 2.88. The van der Waals surface area contributed by atoms with E-state index in [2.05, 4.69) is 5.32 Å². The van der Waals surface area contributed by atoms with E-state index in [1.807, 2.05) is 13.0 Å². The van der Waals surface area contributed by atoms with Crippen LogP contribution in [0.2, 0.25) is 0 Å². The van der Waals surface area contributed by atoms with Crippen LogP contribution in [0.25, 0.3) is 0 Å². The van der Waals surface area contributed by atoms with E-state index in [1.165, 1.54) is 16.9 Å². The second-order valence-electron chi connectivity index (χ2n) is 7.08. The maximum Gasteiger partial charge on any atom is 0.271 e. The zero-order valence-corrected chi connectivity index (χ0v) is 16.0. The highest BCUT2D eigenvalue weighted by atomic mass is 16.5. The molecule has 2 aliphatic heterocycles. The summed E-state index contributed by atoms with van der Waals surface area (Å²) in [4.78, 5) is 42.1. The standard InChI is InChI=1S/C21H21N3O4/c1-13-8-9-17(28-3)15(12-13)22-20(27)21-11-10-18(25)24(21)16-7-5-4-6-14(16)19(26)23(21)2/h4-9,12H,10-11H2,1-3H3,(H,22,27). The molecule has 2 aromatic rings. The highest BCUT2D eigenvalue weighted by molar-refractivity contribution is 6.18. The molecule has 4 rings (SSSR count). The lowest BCUT2D eigenvalue weighted by Gasteiger charge is -2.47. The minimum absolute atomic E-state index is 0.182. The Morgan fingerprint density at radius 1 is 1.18 bits per heavy atom. The molecule has 0 radical (unpaired) electrons. The van der Waals surface area contributed by atoms with E-state index in [-0.39, 0.29) is 24.7 Å². The first-order valence-electron chi connectivity index (χ1n) is 9.06. The van der Waals surface area contributed by atoms with Crippen molar-refractivity contribution in [2.75, 3.05) is 24.4 Å². The number of hydrogen-bond acceptors (Lipinski definition) is 4. The molecule has 1 atom stereocenters. The van der Waals surface area contributed by atoms with E-state index in [9.17, 15) is 14.4 Å². The predicted molar refractivity (Wildman–Crippen MR) is 104 cm³/mol. The van der Waals surface area contributed by atoms with Gasteiger partial charge in [0.2, 0.25) is 11.6 Å². The molecule has 1 unspecified atom stereocenters. The average Bonchev–Trinajstić information content (AvgIpc) is 3.05. The number of carbonyl (C=O) groups excluding carboxylic acids is 3. The number of likely N-dealkylation sites (N-methyl/N-ethyl adjacent to an activating group) is 1. The van der Waals surface area contributed by atoms with Gasteiger partial charge in [-0.15, -0.1) is 0 Å². The van der Waals surface area contributed by atoms with Gasteiger partial charge in [-0.1, -0.05) is 18.2 Å². The van der Waals surface area contributed by atoms with Crippen LogP contribution < -0.4 is 15.0 Å². The van der Waals surface area contributed by atoms with Crippen LogP contribution in [0.15, 0.2) is 42.5 Å². The van der Waals surface area contributed by atoms with E-state index < -0.39 is 11.6 Å². The van der Waals surface area contributed by atoms with Crippen LogP contribution in [-0.4, -0.2) is 42.4 Å². The normalized spacial score (nSPS) is 20.7. The van der Waals surface area contributed by atoms with Crippen molar-refractivity contribution in [3.05, 3.63) is 53.6 Å². The van der Waals surface area contributed by atoms with E-state index in [4.69, 9.17) is 4.74 Å². The Morgan fingerprint density at radius 2 is 1.93 bits per heavy atom. The Balaban J connectivity index is 1.81. The van der Waals surface area contributed by atoms with Crippen molar-refractivity contribution in [1.82, 2.24) is 4.90 Å². The minimum atomic E-state index is -1.41. The zero-order chi connectivity index (χ0) is 20.1. The van der Waals surface area contributed by atoms with Gasteiger partial charge in [-0.05, 0) is 36.8 Å². The van der Waals surface area contributed by atoms with Crippen LogP contribution in [0.3, 0.4) is 0 Å². The van der Waals surface area contributed by atoms with Crippen LogP contribution in [0, 0.1) is 6.92 Å². The number of nitrogens with zero attached hydrogens (tertiary/aromatic N) is 2. The molecule has 2 aliphatic rings. The molecule has 1 fully saturated rings. The molecule has 1 N–H and O–H groups in total. The molecule has 28 heavy (non-hydrogen) atoms. The molecule has 0 saturated carbocycles. The van der Waals surface area contributed by atoms with Crippen molar-refractivity contribution < 1.29 is 19.1 Å². The Labute approximate surface area is 162 Å². The number of carbonyl (C=O) groups is 3. The third kappa shape index (κ3) is 2.39. The first-order chi connectivity index (χ1) is 13.4. The number of rotatable bonds is 3. The number of nitrogens with one attached hydrogen (secondary N) is 1. The zero-order valence-electron chi connectivity index (χ0n) is 16.0. The van der Waals surface area contributed by atoms with Crippen LogP contribution in [0.5, 0.6) is 5.75 Å². The number of hydrogen-bond donors (Lipinski definition) is 1. The largest absolute Gasteiger partial charge is 0.495 e. The Morgan fingerprint density at radius 3 is 2.68 bits per heavy atom. The van der Waals surface area contributed by atoms with Gasteiger partial charge in [0.1, 0.15) is 5.75 Å². The summed E-state index contributed by atoms with van der Waals surface area (Å²) in [7, 11) is 3.09. The molecule has 0 aromatic heterocycles. The van der Waals surface area contributed by atoms with Crippen LogP contribution in [0.1, 0.15) is 28.8 Å². The van der Waals surface area contributed by atoms with Gasteiger partial charge in [0.15, 0.2) is 0 Å². The van der Waals surface area contributed by atoms with Crippen LogP contribution in [-0.2, 0) is 9.59 Å². The quantitative estimate of drug-likeness (QED) is 0.889. The summed E-state index contributed by atoms with van der Waals surface area (Å²) in [6.07, 6.45) is 0.409. The van der Waals surface area contributed by atoms with E-state index in [0.29, 0.717) is 22.7 Å². The van der Waals surface area contributed by atoms with Gasteiger partial charge in [-0.3, -0.25) is 19.3 Å². The van der Waals surface area contributed by atoms with E-state index >= 15 is 0 Å². The molecule has 2 heterocycles. The van der Waals surface area contributed by atoms with Crippen molar-refractivity contribution in [3.8, 4) is 5.75 Å². The summed E-state index contributed by atoms with van der Waals surface area (Å²) in [6.45, 7) is 1.91. The number of fused-ring (bicyclic) bond motifs is 3. The summed E-state index contributed by atoms with van der Waals surface area (Å²) in [6, 6.07) is 12.3. The fourth-order valence-corrected chi connectivity index (χ4v) is 4.07. The van der Waals surface area contributed by atoms with Crippen molar-refractivity contribution >= 4 is 29.1 Å². The van der Waals surface area contributed by atoms with Crippen LogP contribution in [0.4, 0.5) is 11.4 Å². The second kappa shape index (κ2) is 6.37. The Kier molecular flexibility index (Phi) is 4.10. The van der Waals surface area contributed by atoms with Crippen LogP contribution >= 0.6 is 0 Å². The topological polar surface area (TPSA) is 79.0 Å². The lowest BCUT2D eigenvalue weighted by molar-refractivity contribution is -0.128. The lowest BCUT2D eigenvalue weighted by Crippen LogP contribution is -2.68. The second-order valence-corrected chi connectivity index (χ2v) is 7.08. The molecular formula is C21H21N3O4. The van der Waals surface area contributed by atoms with Gasteiger partial charge in [-0.25, -0.2) is 0 Å². The highest BCUT2D eigenvalue weighted by Crippen LogP contribution is 2.44. The molecular weight excluding hydrogens is 358 g/mol. The lowest BCUT2D eigenvalue weighted by atomic mass is 9.96. The van der Waals surface area contributed by atoms with Gasteiger partial charge in [0, 0.05) is 19.9 Å². The first-order valence-corrected chi connectivity index (χ1v) is 9.06. The summed E-state index contributed by atoms with van der Waals surface area (Å²) < 4.78 is 5.35. The van der Waals surface area contributed by atoms with E-state index in [1.54, 1.807) is 43.4 Å². The van der Waals surface area contributed by atoms with Crippen molar-refractivity contribution in [3.63, 3.8) is 0 Å². The minimum Gasteiger partial charge on any atom is -0.495 e. The molecule has 3 amide bonds. The molecule has 7 heteroatoms. The fourth-order valence-electron chi connectivity index (χ4n) is 4.07. The number of methoxy groups -OCH3 is 1. The van der Waals surface area contributed by atoms with Crippen molar-refractivity contribution in [1.29, 1.82) is 0 Å². The molecule has 144 valence electrons. The Hall–Kier alpha value is -3.35. The number of amides is 3. The molecule has 0 bridgehead atoms. The van der Waals surface area contributed by atoms with Crippen molar-refractivity contribution in [2.45, 2.75) is 25.4 Å². The third-order valence-electron chi connectivity index (χ3n) is 5.51. The maximum atomic E-state index is 13.5. The monoisotopic (exact) mass is 379 g/mol. The number of benzene rings is 2. The van der Waals surface area contributed by atoms with Crippen molar-refractivity contribution in [2.24, 2.45) is 0 Å². The fraction of sp³-hybridized carbons (Fsp3) is 0.286. The number of aryl methyl sites for hydroxylation is 1.